The predicted octanol–water partition coefficient (Wildman–Crippen LogP) is 3.09. The van der Waals surface area contributed by atoms with Crippen molar-refractivity contribution in [3.8, 4) is 0 Å². The molecule has 1 aliphatic rings. The van der Waals surface area contributed by atoms with Crippen molar-refractivity contribution < 1.29 is 9.90 Å². The third kappa shape index (κ3) is 1.65. The van der Waals surface area contributed by atoms with Crippen molar-refractivity contribution in [2.45, 2.75) is 38.5 Å². The third-order valence-electron chi connectivity index (χ3n) is 3.11. The second-order valence-electron chi connectivity index (χ2n) is 4.87. The lowest BCUT2D eigenvalue weighted by molar-refractivity contribution is 0.0688. The van der Waals surface area contributed by atoms with E-state index in [-0.39, 0.29) is 0 Å². The van der Waals surface area contributed by atoms with Gasteiger partial charge in [0.2, 0.25) is 0 Å². The number of aromatic carboxylic acids is 1. The lowest BCUT2D eigenvalue weighted by Gasteiger charge is -1.98. The minimum atomic E-state index is -0.868. The molecule has 0 amide bonds. The summed E-state index contributed by atoms with van der Waals surface area (Å²) in [5.74, 6) is -0.0871. The highest BCUT2D eigenvalue weighted by atomic mass is 32.1. The number of hydrogen-bond donors (Lipinski definition) is 1. The van der Waals surface area contributed by atoms with Gasteiger partial charge in [-0.1, -0.05) is 13.8 Å². The molecule has 0 atom stereocenters. The molecule has 1 N–H and O–H groups in total. The normalized spacial score (nSPS) is 15.9. The molecule has 1 saturated carbocycles. The summed E-state index contributed by atoms with van der Waals surface area (Å²) in [6.07, 6.45) is 4.07. The van der Waals surface area contributed by atoms with Crippen LogP contribution < -0.4 is 0 Å². The highest BCUT2D eigenvalue weighted by molar-refractivity contribution is 7.17. The van der Waals surface area contributed by atoms with Gasteiger partial charge in [-0.25, -0.2) is 9.78 Å². The first-order chi connectivity index (χ1) is 8.08. The molecule has 3 rings (SSSR count). The van der Waals surface area contributed by atoms with E-state index in [9.17, 15) is 9.90 Å². The van der Waals surface area contributed by atoms with E-state index >= 15 is 0 Å². The fourth-order valence-electron chi connectivity index (χ4n) is 2.00. The molecule has 0 aliphatic heterocycles. The molecule has 2 heterocycles. The molecule has 0 unspecified atom stereocenters. The number of carboxylic acids is 1. The van der Waals surface area contributed by atoms with E-state index in [0.29, 0.717) is 17.5 Å². The highest BCUT2D eigenvalue weighted by Gasteiger charge is 2.33. The van der Waals surface area contributed by atoms with Gasteiger partial charge in [0.25, 0.3) is 0 Å². The maximum Gasteiger partial charge on any atom is 0.354 e. The monoisotopic (exact) mass is 250 g/mol. The van der Waals surface area contributed by atoms with Gasteiger partial charge >= 0.3 is 5.97 Å². The van der Waals surface area contributed by atoms with Crippen LogP contribution in [0.2, 0.25) is 0 Å². The Labute approximate surface area is 103 Å². The lowest BCUT2D eigenvalue weighted by atomic mass is 10.2. The fraction of sp³-hybridized carbons (Fsp3) is 0.500. The number of fused-ring (bicyclic) bond motifs is 1. The average molecular weight is 250 g/mol. The van der Waals surface area contributed by atoms with Crippen LogP contribution in [0, 0.1) is 0 Å². The molecule has 0 spiro atoms. The summed E-state index contributed by atoms with van der Waals surface area (Å²) in [7, 11) is 0. The Morgan fingerprint density at radius 3 is 2.82 bits per heavy atom. The number of hydrogen-bond acceptors (Lipinski definition) is 3. The summed E-state index contributed by atoms with van der Waals surface area (Å²) in [4.78, 5) is 17.8. The molecule has 2 aromatic rings. The van der Waals surface area contributed by atoms with Gasteiger partial charge < -0.3 is 5.11 Å². The zero-order chi connectivity index (χ0) is 12.2. The van der Waals surface area contributed by atoms with Crippen molar-refractivity contribution in [1.29, 1.82) is 0 Å². The Balaban J connectivity index is 2.21. The van der Waals surface area contributed by atoms with Gasteiger partial charge in [-0.2, -0.15) is 0 Å². The maximum absolute atomic E-state index is 11.4. The number of rotatable bonds is 3. The van der Waals surface area contributed by atoms with Gasteiger partial charge in [0.1, 0.15) is 0 Å². The number of aromatic nitrogens is 2. The minimum Gasteiger partial charge on any atom is -0.477 e. The summed E-state index contributed by atoms with van der Waals surface area (Å²) in [6.45, 7) is 4.21. The van der Waals surface area contributed by atoms with Gasteiger partial charge in [-0.15, -0.1) is 11.3 Å². The van der Waals surface area contributed by atoms with Crippen LogP contribution in [0.3, 0.4) is 0 Å². The third-order valence-corrected chi connectivity index (χ3v) is 4.39. The van der Waals surface area contributed by atoms with Gasteiger partial charge in [0.15, 0.2) is 10.7 Å². The fourth-order valence-corrected chi connectivity index (χ4v) is 2.99. The topological polar surface area (TPSA) is 54.6 Å². The molecule has 90 valence electrons. The molecule has 17 heavy (non-hydrogen) atoms. The van der Waals surface area contributed by atoms with E-state index in [4.69, 9.17) is 0 Å². The van der Waals surface area contributed by atoms with E-state index in [2.05, 4.69) is 18.8 Å². The van der Waals surface area contributed by atoms with Crippen LogP contribution in [-0.4, -0.2) is 20.5 Å². The van der Waals surface area contributed by atoms with Gasteiger partial charge in [-0.05, 0) is 18.8 Å². The SMILES string of the molecule is CC(C)c1cn2c(C(=O)O)c(C3CC3)nc2s1. The van der Waals surface area contributed by atoms with Crippen LogP contribution in [0.25, 0.3) is 4.96 Å². The summed E-state index contributed by atoms with van der Waals surface area (Å²) in [6, 6.07) is 0. The molecule has 0 saturated heterocycles. The van der Waals surface area contributed by atoms with Crippen LogP contribution in [0.4, 0.5) is 0 Å². The van der Waals surface area contributed by atoms with Crippen molar-refractivity contribution >= 4 is 22.3 Å². The second kappa shape index (κ2) is 3.57. The number of carboxylic acid groups (broad SMARTS) is 1. The first-order valence-corrected chi connectivity index (χ1v) is 6.64. The number of imidazole rings is 1. The molecular weight excluding hydrogens is 236 g/mol. The largest absolute Gasteiger partial charge is 0.477 e. The van der Waals surface area contributed by atoms with E-state index in [1.807, 2.05) is 6.20 Å². The smallest absolute Gasteiger partial charge is 0.354 e. The van der Waals surface area contributed by atoms with Gasteiger partial charge in [-0.3, -0.25) is 4.40 Å². The van der Waals surface area contributed by atoms with Crippen molar-refractivity contribution in [2.75, 3.05) is 0 Å². The van der Waals surface area contributed by atoms with E-state index in [1.165, 1.54) is 4.88 Å². The lowest BCUT2D eigenvalue weighted by Crippen LogP contribution is -2.04. The van der Waals surface area contributed by atoms with Crippen LogP contribution in [0.1, 0.15) is 59.6 Å². The number of carbonyl (C=O) groups is 1. The van der Waals surface area contributed by atoms with Crippen LogP contribution in [0.5, 0.6) is 0 Å². The molecule has 5 heteroatoms. The molecule has 0 radical (unpaired) electrons. The van der Waals surface area contributed by atoms with E-state index < -0.39 is 5.97 Å². The van der Waals surface area contributed by atoms with Gasteiger partial charge in [0.05, 0.1) is 5.69 Å². The highest BCUT2D eigenvalue weighted by Crippen LogP contribution is 2.42. The minimum absolute atomic E-state index is 0.366. The Kier molecular flexibility index (Phi) is 2.26. The molecule has 0 bridgehead atoms. The Hall–Kier alpha value is -1.36. The first kappa shape index (κ1) is 10.8. The Morgan fingerprint density at radius 1 is 1.59 bits per heavy atom. The van der Waals surface area contributed by atoms with Crippen molar-refractivity contribution in [3.63, 3.8) is 0 Å². The van der Waals surface area contributed by atoms with E-state index in [0.717, 1.165) is 23.5 Å². The number of nitrogens with zero attached hydrogens (tertiary/aromatic N) is 2. The zero-order valence-corrected chi connectivity index (χ0v) is 10.6. The van der Waals surface area contributed by atoms with Crippen molar-refractivity contribution in [1.82, 2.24) is 9.38 Å². The molecule has 0 aromatic carbocycles. The van der Waals surface area contributed by atoms with Crippen LogP contribution in [-0.2, 0) is 0 Å². The van der Waals surface area contributed by atoms with E-state index in [1.54, 1.807) is 15.7 Å². The van der Waals surface area contributed by atoms with Gasteiger partial charge in [0, 0.05) is 17.0 Å². The quantitative estimate of drug-likeness (QED) is 0.910. The first-order valence-electron chi connectivity index (χ1n) is 5.83. The second-order valence-corrected chi connectivity index (χ2v) is 5.91. The summed E-state index contributed by atoms with van der Waals surface area (Å²) < 4.78 is 1.75. The zero-order valence-electron chi connectivity index (χ0n) is 9.80. The molecule has 2 aromatic heterocycles. The maximum atomic E-state index is 11.4. The molecule has 1 aliphatic carbocycles. The summed E-state index contributed by atoms with van der Waals surface area (Å²) in [5, 5.41) is 9.32. The summed E-state index contributed by atoms with van der Waals surface area (Å²) >= 11 is 1.59. The van der Waals surface area contributed by atoms with Crippen molar-refractivity contribution in [3.05, 3.63) is 22.5 Å². The average Bonchev–Trinajstić information content (AvgIpc) is 2.88. The Bertz CT molecular complexity index is 593. The van der Waals surface area contributed by atoms with Crippen molar-refractivity contribution in [2.24, 2.45) is 0 Å². The Morgan fingerprint density at radius 2 is 2.29 bits per heavy atom. The molecular formula is C12H14N2O2S. The van der Waals surface area contributed by atoms with Crippen LogP contribution >= 0.6 is 11.3 Å². The summed E-state index contributed by atoms with van der Waals surface area (Å²) in [5.41, 5.74) is 1.14. The predicted molar refractivity (Wildman–Crippen MR) is 66.1 cm³/mol. The number of thiazole rings is 1. The molecule has 1 fully saturated rings. The standard InChI is InChI=1S/C12H14N2O2S/c1-6(2)8-5-14-10(11(15)16)9(7-3-4-7)13-12(14)17-8/h5-7H,3-4H2,1-2H3,(H,15,16). The molecule has 4 nitrogen and oxygen atoms in total. The van der Waals surface area contributed by atoms with Crippen LogP contribution in [0.15, 0.2) is 6.20 Å².